The minimum Gasteiger partial charge on any atom is -0.304 e. The van der Waals surface area contributed by atoms with E-state index in [1.165, 1.54) is 25.8 Å². The van der Waals surface area contributed by atoms with Crippen molar-refractivity contribution in [3.8, 4) is 0 Å². The van der Waals surface area contributed by atoms with Gasteiger partial charge in [0.25, 0.3) is 0 Å². The summed E-state index contributed by atoms with van der Waals surface area (Å²) in [6, 6.07) is 0.717. The second kappa shape index (κ2) is 5.64. The Kier molecular flexibility index (Phi) is 5.62. The van der Waals surface area contributed by atoms with Gasteiger partial charge >= 0.3 is 0 Å². The molecule has 0 heterocycles. The molecule has 0 aromatic heterocycles. The highest BCUT2D eigenvalue weighted by atomic mass is 15.1. The topological polar surface area (TPSA) is 3.24 Å². The number of hydrogen-bond acceptors (Lipinski definition) is 1. The van der Waals surface area contributed by atoms with E-state index in [1.807, 2.05) is 0 Å². The third-order valence-electron chi connectivity index (χ3n) is 3.13. The Morgan fingerprint density at radius 2 is 1.77 bits per heavy atom. The summed E-state index contributed by atoms with van der Waals surface area (Å²) in [4.78, 5) is 2.47. The molecule has 1 unspecified atom stereocenters. The zero-order valence-corrected chi connectivity index (χ0v) is 10.4. The average Bonchev–Trinajstić information content (AvgIpc) is 2.04. The van der Waals surface area contributed by atoms with Gasteiger partial charge < -0.3 is 4.90 Å². The van der Waals surface area contributed by atoms with E-state index in [2.05, 4.69) is 46.6 Å². The second-order valence-corrected chi connectivity index (χ2v) is 5.05. The summed E-state index contributed by atoms with van der Waals surface area (Å²) in [6.07, 6.45) is 3.84. The maximum atomic E-state index is 2.47. The van der Waals surface area contributed by atoms with Gasteiger partial charge in [0.05, 0.1) is 0 Å². The molecule has 0 aromatic rings. The molecule has 0 saturated heterocycles. The Morgan fingerprint density at radius 3 is 2.15 bits per heavy atom. The zero-order valence-electron chi connectivity index (χ0n) is 10.4. The molecule has 0 rings (SSSR count). The molecule has 0 radical (unpaired) electrons. The average molecular weight is 185 g/mol. The van der Waals surface area contributed by atoms with Crippen LogP contribution < -0.4 is 0 Å². The van der Waals surface area contributed by atoms with Crippen LogP contribution in [-0.4, -0.2) is 24.5 Å². The number of nitrogens with zero attached hydrogens (tertiary/aromatic N) is 1. The predicted molar refractivity (Wildman–Crippen MR) is 61.1 cm³/mol. The third-order valence-corrected chi connectivity index (χ3v) is 3.13. The summed E-state index contributed by atoms with van der Waals surface area (Å²) >= 11 is 0. The lowest BCUT2D eigenvalue weighted by molar-refractivity contribution is 0.178. The fourth-order valence-electron chi connectivity index (χ4n) is 1.67. The van der Waals surface area contributed by atoms with Gasteiger partial charge in [-0.2, -0.15) is 0 Å². The highest BCUT2D eigenvalue weighted by molar-refractivity contribution is 4.74. The Labute approximate surface area is 84.5 Å². The molecular formula is C12H27N. The van der Waals surface area contributed by atoms with Crippen LogP contribution in [0.25, 0.3) is 0 Å². The van der Waals surface area contributed by atoms with E-state index in [0.717, 1.165) is 6.04 Å². The zero-order chi connectivity index (χ0) is 10.5. The first-order chi connectivity index (χ1) is 5.93. The van der Waals surface area contributed by atoms with Crippen molar-refractivity contribution in [1.82, 2.24) is 4.90 Å². The van der Waals surface area contributed by atoms with Crippen molar-refractivity contribution in [2.45, 2.75) is 59.9 Å². The van der Waals surface area contributed by atoms with Gasteiger partial charge in [-0.1, -0.05) is 34.1 Å². The molecule has 13 heavy (non-hydrogen) atoms. The van der Waals surface area contributed by atoms with Gasteiger partial charge in [-0.05, 0) is 38.8 Å². The van der Waals surface area contributed by atoms with Crippen molar-refractivity contribution in [3.05, 3.63) is 0 Å². The molecule has 1 heteroatoms. The molecular weight excluding hydrogens is 158 g/mol. The van der Waals surface area contributed by atoms with Crippen LogP contribution in [0.1, 0.15) is 53.9 Å². The highest BCUT2D eigenvalue weighted by Gasteiger charge is 2.20. The molecule has 0 aliphatic heterocycles. The summed E-state index contributed by atoms with van der Waals surface area (Å²) in [5, 5.41) is 0. The molecule has 0 aliphatic rings. The first kappa shape index (κ1) is 13.0. The largest absolute Gasteiger partial charge is 0.304 e. The van der Waals surface area contributed by atoms with E-state index in [-0.39, 0.29) is 0 Å². The summed E-state index contributed by atoms with van der Waals surface area (Å²) in [5.41, 5.74) is 0.501. The minimum atomic E-state index is 0.501. The van der Waals surface area contributed by atoms with Crippen molar-refractivity contribution in [1.29, 1.82) is 0 Å². The number of rotatable bonds is 6. The Morgan fingerprint density at radius 1 is 1.23 bits per heavy atom. The summed E-state index contributed by atoms with van der Waals surface area (Å²) < 4.78 is 0. The molecule has 0 aliphatic carbocycles. The summed E-state index contributed by atoms with van der Waals surface area (Å²) in [7, 11) is 2.24. The fourth-order valence-corrected chi connectivity index (χ4v) is 1.67. The van der Waals surface area contributed by atoms with E-state index in [1.54, 1.807) is 0 Å². The minimum absolute atomic E-state index is 0.501. The summed E-state index contributed by atoms with van der Waals surface area (Å²) in [6.45, 7) is 12.8. The summed E-state index contributed by atoms with van der Waals surface area (Å²) in [5.74, 6) is 0. The van der Waals surface area contributed by atoms with Gasteiger partial charge in [-0.3, -0.25) is 0 Å². The van der Waals surface area contributed by atoms with Crippen LogP contribution in [0.15, 0.2) is 0 Å². The molecule has 0 N–H and O–H groups in total. The molecule has 1 nitrogen and oxygen atoms in total. The molecule has 0 amide bonds. The first-order valence-electron chi connectivity index (χ1n) is 5.63. The van der Waals surface area contributed by atoms with Crippen LogP contribution >= 0.6 is 0 Å². The molecule has 0 bridgehead atoms. The maximum Gasteiger partial charge on any atom is 0.00689 e. The van der Waals surface area contributed by atoms with E-state index < -0.39 is 0 Å². The molecule has 0 aromatic carbocycles. The van der Waals surface area contributed by atoms with Crippen LogP contribution in [0, 0.1) is 5.41 Å². The van der Waals surface area contributed by atoms with Crippen LogP contribution in [0.2, 0.25) is 0 Å². The van der Waals surface area contributed by atoms with Gasteiger partial charge in [-0.25, -0.2) is 0 Å². The van der Waals surface area contributed by atoms with Crippen LogP contribution in [0.3, 0.4) is 0 Å². The third kappa shape index (κ3) is 5.30. The van der Waals surface area contributed by atoms with Gasteiger partial charge in [-0.15, -0.1) is 0 Å². The fraction of sp³-hybridized carbons (Fsp3) is 1.00. The lowest BCUT2D eigenvalue weighted by atomic mass is 9.83. The Bertz CT molecular complexity index is 129. The van der Waals surface area contributed by atoms with Crippen LogP contribution in [0.4, 0.5) is 0 Å². The van der Waals surface area contributed by atoms with Crippen LogP contribution in [-0.2, 0) is 0 Å². The Hall–Kier alpha value is -0.0400. The molecule has 0 fully saturated rings. The van der Waals surface area contributed by atoms with E-state index in [4.69, 9.17) is 0 Å². The van der Waals surface area contributed by atoms with E-state index >= 15 is 0 Å². The molecule has 80 valence electrons. The van der Waals surface area contributed by atoms with Crippen molar-refractivity contribution in [3.63, 3.8) is 0 Å². The second-order valence-electron chi connectivity index (χ2n) is 5.05. The van der Waals surface area contributed by atoms with Gasteiger partial charge in [0.15, 0.2) is 0 Å². The van der Waals surface area contributed by atoms with E-state index in [9.17, 15) is 0 Å². The lowest BCUT2D eigenvalue weighted by Crippen LogP contribution is -2.33. The Balaban J connectivity index is 3.91. The van der Waals surface area contributed by atoms with Crippen molar-refractivity contribution < 1.29 is 0 Å². The quantitative estimate of drug-likeness (QED) is 0.612. The van der Waals surface area contributed by atoms with Gasteiger partial charge in [0.1, 0.15) is 0 Å². The van der Waals surface area contributed by atoms with Gasteiger partial charge in [0, 0.05) is 6.04 Å². The monoisotopic (exact) mass is 185 g/mol. The number of hydrogen-bond donors (Lipinski definition) is 0. The normalized spacial score (nSPS) is 15.0. The van der Waals surface area contributed by atoms with Crippen molar-refractivity contribution in [2.75, 3.05) is 13.6 Å². The SMILES string of the molecule is CCCN(C)C(C)CC(C)(C)CC. The van der Waals surface area contributed by atoms with Gasteiger partial charge in [0.2, 0.25) is 0 Å². The standard InChI is InChI=1S/C12H27N/c1-7-9-13(6)11(3)10-12(4,5)8-2/h11H,7-10H2,1-6H3. The van der Waals surface area contributed by atoms with Crippen LogP contribution in [0.5, 0.6) is 0 Å². The van der Waals surface area contributed by atoms with E-state index in [0.29, 0.717) is 5.41 Å². The van der Waals surface area contributed by atoms with Crippen molar-refractivity contribution >= 4 is 0 Å². The lowest BCUT2D eigenvalue weighted by Gasteiger charge is -2.32. The maximum absolute atomic E-state index is 2.47. The molecule has 0 spiro atoms. The highest BCUT2D eigenvalue weighted by Crippen LogP contribution is 2.27. The first-order valence-corrected chi connectivity index (χ1v) is 5.63. The predicted octanol–water partition coefficient (Wildman–Crippen LogP) is 3.54. The molecule has 0 saturated carbocycles. The van der Waals surface area contributed by atoms with Crippen molar-refractivity contribution in [2.24, 2.45) is 5.41 Å². The smallest absolute Gasteiger partial charge is 0.00689 e. The molecule has 1 atom stereocenters.